The first-order chi connectivity index (χ1) is 5.26. The van der Waals surface area contributed by atoms with Gasteiger partial charge >= 0.3 is 0 Å². The molecule has 0 spiro atoms. The van der Waals surface area contributed by atoms with Crippen molar-refractivity contribution >= 4 is 6.29 Å². The summed E-state index contributed by atoms with van der Waals surface area (Å²) in [6, 6.07) is 0. The molecule has 1 atom stereocenters. The van der Waals surface area contributed by atoms with Crippen LogP contribution in [0.25, 0.3) is 0 Å². The van der Waals surface area contributed by atoms with Gasteiger partial charge in [0.05, 0.1) is 0 Å². The molecular weight excluding hydrogens is 136 g/mol. The Morgan fingerprint density at radius 3 is 2.64 bits per heavy atom. The first-order valence-corrected chi connectivity index (χ1v) is 4.01. The number of hydrogen-bond donors (Lipinski definition) is 0. The van der Waals surface area contributed by atoms with Crippen molar-refractivity contribution in [2.24, 2.45) is 5.92 Å². The highest BCUT2D eigenvalue weighted by atomic mass is 16.1. The van der Waals surface area contributed by atoms with E-state index in [0.29, 0.717) is 12.3 Å². The van der Waals surface area contributed by atoms with E-state index in [0.717, 1.165) is 24.7 Å². The Kier molecular flexibility index (Phi) is 5.44. The van der Waals surface area contributed by atoms with Crippen LogP contribution in [0.5, 0.6) is 0 Å². The zero-order valence-corrected chi connectivity index (χ0v) is 7.18. The summed E-state index contributed by atoms with van der Waals surface area (Å²) in [6.07, 6.45) is 5.40. The van der Waals surface area contributed by atoms with Crippen LogP contribution in [0.3, 0.4) is 0 Å². The van der Waals surface area contributed by atoms with E-state index >= 15 is 0 Å². The quantitative estimate of drug-likeness (QED) is 0.422. The first-order valence-electron chi connectivity index (χ1n) is 4.01. The van der Waals surface area contributed by atoms with Gasteiger partial charge in [0.25, 0.3) is 0 Å². The lowest BCUT2D eigenvalue weighted by molar-refractivity contribution is -0.108. The van der Waals surface area contributed by atoms with Crippen molar-refractivity contribution in [2.45, 2.75) is 26.2 Å². The van der Waals surface area contributed by atoms with Crippen LogP contribution >= 0.6 is 0 Å². The first kappa shape index (κ1) is 10.2. The molecule has 11 heavy (non-hydrogen) atoms. The Morgan fingerprint density at radius 1 is 1.64 bits per heavy atom. The third kappa shape index (κ3) is 3.76. The molecule has 1 heteroatoms. The third-order valence-corrected chi connectivity index (χ3v) is 1.80. The zero-order valence-electron chi connectivity index (χ0n) is 7.18. The van der Waals surface area contributed by atoms with E-state index in [1.807, 2.05) is 0 Å². The molecule has 0 rings (SSSR count). The van der Waals surface area contributed by atoms with Gasteiger partial charge in [-0.05, 0) is 12.3 Å². The summed E-state index contributed by atoms with van der Waals surface area (Å²) in [7, 11) is 0. The molecular formula is C10H16O. The van der Waals surface area contributed by atoms with Crippen molar-refractivity contribution in [3.8, 4) is 0 Å². The molecule has 0 aliphatic rings. The van der Waals surface area contributed by atoms with Gasteiger partial charge in [0.1, 0.15) is 6.29 Å². The van der Waals surface area contributed by atoms with Gasteiger partial charge < -0.3 is 4.79 Å². The minimum absolute atomic E-state index is 0.315. The number of carbonyl (C=O) groups is 1. The maximum Gasteiger partial charge on any atom is 0.120 e. The van der Waals surface area contributed by atoms with Gasteiger partial charge in [-0.15, -0.1) is 0 Å². The van der Waals surface area contributed by atoms with Crippen molar-refractivity contribution in [2.75, 3.05) is 0 Å². The molecule has 0 amide bonds. The largest absolute Gasteiger partial charge is 0.303 e. The van der Waals surface area contributed by atoms with Gasteiger partial charge in [0.15, 0.2) is 0 Å². The van der Waals surface area contributed by atoms with Crippen molar-refractivity contribution in [1.29, 1.82) is 0 Å². The molecule has 0 radical (unpaired) electrons. The molecule has 62 valence electrons. The maximum absolute atomic E-state index is 10.2. The van der Waals surface area contributed by atoms with Crippen LogP contribution in [0, 0.1) is 5.92 Å². The number of aldehydes is 1. The molecule has 0 fully saturated rings. The number of hydrogen-bond acceptors (Lipinski definition) is 1. The Morgan fingerprint density at radius 2 is 2.27 bits per heavy atom. The summed E-state index contributed by atoms with van der Waals surface area (Å²) in [4.78, 5) is 10.2. The van der Waals surface area contributed by atoms with Crippen LogP contribution in [-0.2, 0) is 4.79 Å². The molecule has 1 unspecified atom stereocenters. The van der Waals surface area contributed by atoms with E-state index in [1.54, 1.807) is 6.08 Å². The van der Waals surface area contributed by atoms with Crippen LogP contribution in [0.15, 0.2) is 24.8 Å². The second-order valence-electron chi connectivity index (χ2n) is 2.67. The van der Waals surface area contributed by atoms with Gasteiger partial charge in [-0.25, -0.2) is 0 Å². The number of allylic oxidation sites excluding steroid dienone is 2. The molecule has 0 saturated carbocycles. The lowest BCUT2D eigenvalue weighted by Gasteiger charge is -2.12. The third-order valence-electron chi connectivity index (χ3n) is 1.80. The normalized spacial score (nSPS) is 12.1. The lowest BCUT2D eigenvalue weighted by atomic mass is 9.93. The molecule has 0 N–H and O–H groups in total. The van der Waals surface area contributed by atoms with Crippen LogP contribution < -0.4 is 0 Å². The van der Waals surface area contributed by atoms with Gasteiger partial charge in [-0.2, -0.15) is 0 Å². The SMILES string of the molecule is C=CC(=C)C(CC=O)CCC. The summed E-state index contributed by atoms with van der Waals surface area (Å²) >= 11 is 0. The van der Waals surface area contributed by atoms with Crippen molar-refractivity contribution in [3.05, 3.63) is 24.8 Å². The average Bonchev–Trinajstić information content (AvgIpc) is 2.03. The fourth-order valence-electron chi connectivity index (χ4n) is 1.09. The molecule has 0 bridgehead atoms. The predicted octanol–water partition coefficient (Wildman–Crippen LogP) is 2.73. The molecule has 0 aromatic heterocycles. The van der Waals surface area contributed by atoms with E-state index in [-0.39, 0.29) is 0 Å². The summed E-state index contributed by atoms with van der Waals surface area (Å²) in [5.74, 6) is 0.315. The van der Waals surface area contributed by atoms with E-state index < -0.39 is 0 Å². The van der Waals surface area contributed by atoms with E-state index in [1.165, 1.54) is 0 Å². The minimum atomic E-state index is 0.315. The summed E-state index contributed by atoms with van der Waals surface area (Å²) in [6.45, 7) is 9.57. The fraction of sp³-hybridized carbons (Fsp3) is 0.500. The fourth-order valence-corrected chi connectivity index (χ4v) is 1.09. The highest BCUT2D eigenvalue weighted by molar-refractivity contribution is 5.51. The monoisotopic (exact) mass is 152 g/mol. The van der Waals surface area contributed by atoms with Crippen LogP contribution in [0.1, 0.15) is 26.2 Å². The van der Waals surface area contributed by atoms with Gasteiger partial charge in [-0.3, -0.25) is 0 Å². The Bertz CT molecular complexity index is 147. The van der Waals surface area contributed by atoms with Crippen LogP contribution in [0.2, 0.25) is 0 Å². The topological polar surface area (TPSA) is 17.1 Å². The molecule has 0 heterocycles. The smallest absolute Gasteiger partial charge is 0.120 e. The molecule has 0 aromatic rings. The highest BCUT2D eigenvalue weighted by Crippen LogP contribution is 2.18. The molecule has 1 nitrogen and oxygen atoms in total. The predicted molar refractivity (Wildman–Crippen MR) is 48.4 cm³/mol. The van der Waals surface area contributed by atoms with Crippen molar-refractivity contribution in [3.63, 3.8) is 0 Å². The lowest BCUT2D eigenvalue weighted by Crippen LogP contribution is -2.01. The zero-order chi connectivity index (χ0) is 8.69. The number of carbonyl (C=O) groups excluding carboxylic acids is 1. The summed E-state index contributed by atoms with van der Waals surface area (Å²) < 4.78 is 0. The standard InChI is InChI=1S/C10H16O/c1-4-6-10(7-8-11)9(3)5-2/h5,8,10H,2-4,6-7H2,1H3. The van der Waals surface area contributed by atoms with Crippen molar-refractivity contribution < 1.29 is 4.79 Å². The maximum atomic E-state index is 10.2. The Hall–Kier alpha value is -0.850. The van der Waals surface area contributed by atoms with Gasteiger partial charge in [-0.1, -0.05) is 38.2 Å². The molecule has 0 aliphatic heterocycles. The van der Waals surface area contributed by atoms with Gasteiger partial charge in [0.2, 0.25) is 0 Å². The molecule has 0 saturated heterocycles. The minimum Gasteiger partial charge on any atom is -0.303 e. The van der Waals surface area contributed by atoms with E-state index in [2.05, 4.69) is 20.1 Å². The number of rotatable bonds is 6. The van der Waals surface area contributed by atoms with Crippen molar-refractivity contribution in [1.82, 2.24) is 0 Å². The van der Waals surface area contributed by atoms with E-state index in [9.17, 15) is 4.79 Å². The molecule has 0 aromatic carbocycles. The van der Waals surface area contributed by atoms with E-state index in [4.69, 9.17) is 0 Å². The molecule has 0 aliphatic carbocycles. The van der Waals surface area contributed by atoms with Crippen LogP contribution in [0.4, 0.5) is 0 Å². The average molecular weight is 152 g/mol. The highest BCUT2D eigenvalue weighted by Gasteiger charge is 2.07. The Labute approximate surface area is 68.8 Å². The van der Waals surface area contributed by atoms with Gasteiger partial charge in [0, 0.05) is 6.42 Å². The second-order valence-corrected chi connectivity index (χ2v) is 2.67. The second kappa shape index (κ2) is 5.90. The Balaban J connectivity index is 3.95. The summed E-state index contributed by atoms with van der Waals surface area (Å²) in [5.41, 5.74) is 0.985. The van der Waals surface area contributed by atoms with Crippen LogP contribution in [-0.4, -0.2) is 6.29 Å². The summed E-state index contributed by atoms with van der Waals surface area (Å²) in [5, 5.41) is 0.